The molecule has 1 aromatic heterocycles. The molecule has 2 amide bonds. The van der Waals surface area contributed by atoms with Gasteiger partial charge in [-0.05, 0) is 39.2 Å². The highest BCUT2D eigenvalue weighted by Gasteiger charge is 2.28. The summed E-state index contributed by atoms with van der Waals surface area (Å²) in [4.78, 5) is 35.5. The minimum absolute atomic E-state index is 0.0585. The van der Waals surface area contributed by atoms with Crippen LogP contribution in [-0.2, 0) is 9.59 Å². The van der Waals surface area contributed by atoms with Crippen LogP contribution in [0.2, 0.25) is 0 Å². The number of rotatable bonds is 9. The van der Waals surface area contributed by atoms with Crippen molar-refractivity contribution in [3.05, 3.63) is 17.5 Å². The van der Waals surface area contributed by atoms with Gasteiger partial charge in [-0.3, -0.25) is 9.59 Å². The van der Waals surface area contributed by atoms with E-state index in [2.05, 4.69) is 22.2 Å². The predicted octanol–water partition coefficient (Wildman–Crippen LogP) is 3.12. The lowest BCUT2D eigenvalue weighted by Crippen LogP contribution is -2.46. The number of nitrogens with zero attached hydrogens (tertiary/aromatic N) is 3. The fourth-order valence-corrected chi connectivity index (χ4v) is 4.15. The molecule has 1 N–H and O–H groups in total. The molecule has 150 valence electrons. The van der Waals surface area contributed by atoms with Gasteiger partial charge in [-0.25, -0.2) is 9.97 Å². The summed E-state index contributed by atoms with van der Waals surface area (Å²) in [5.74, 6) is 0.377. The van der Waals surface area contributed by atoms with Crippen molar-refractivity contribution in [2.24, 2.45) is 5.92 Å². The number of hydrogen-bond donors (Lipinski definition) is 1. The fourth-order valence-electron chi connectivity index (χ4n) is 3.30. The van der Waals surface area contributed by atoms with Crippen molar-refractivity contribution in [2.75, 3.05) is 25.4 Å². The Bertz CT molecular complexity index is 618. The SMILES string of the molecule is CCCCCCNC(=O)C1CCCN(C(=O)CSc2nc(C)cc(C)n2)C1. The Hall–Kier alpha value is -1.63. The van der Waals surface area contributed by atoms with Crippen molar-refractivity contribution in [1.82, 2.24) is 20.2 Å². The Morgan fingerprint density at radius 2 is 1.96 bits per heavy atom. The van der Waals surface area contributed by atoms with Crippen LogP contribution in [0.25, 0.3) is 0 Å². The van der Waals surface area contributed by atoms with Crippen molar-refractivity contribution < 1.29 is 9.59 Å². The number of piperidine rings is 1. The van der Waals surface area contributed by atoms with Gasteiger partial charge < -0.3 is 10.2 Å². The molecule has 1 aromatic rings. The summed E-state index contributed by atoms with van der Waals surface area (Å²) in [5, 5.41) is 3.68. The Kier molecular flexibility index (Phi) is 9.04. The molecule has 1 atom stereocenters. The van der Waals surface area contributed by atoms with Crippen molar-refractivity contribution in [1.29, 1.82) is 0 Å². The first-order chi connectivity index (χ1) is 13.0. The van der Waals surface area contributed by atoms with Gasteiger partial charge in [0.25, 0.3) is 0 Å². The summed E-state index contributed by atoms with van der Waals surface area (Å²) >= 11 is 1.37. The monoisotopic (exact) mass is 392 g/mol. The number of carbonyl (C=O) groups excluding carboxylic acids is 2. The summed E-state index contributed by atoms with van der Waals surface area (Å²) in [7, 11) is 0. The number of nitrogens with one attached hydrogen (secondary N) is 1. The molecule has 27 heavy (non-hydrogen) atoms. The lowest BCUT2D eigenvalue weighted by molar-refractivity contribution is -0.133. The number of likely N-dealkylation sites (tertiary alicyclic amines) is 1. The highest BCUT2D eigenvalue weighted by molar-refractivity contribution is 7.99. The van der Waals surface area contributed by atoms with Crippen molar-refractivity contribution in [2.45, 2.75) is 64.5 Å². The van der Waals surface area contributed by atoms with Crippen LogP contribution < -0.4 is 5.32 Å². The van der Waals surface area contributed by atoms with E-state index in [0.717, 1.165) is 50.2 Å². The highest BCUT2D eigenvalue weighted by atomic mass is 32.2. The number of aryl methyl sites for hydroxylation is 2. The van der Waals surface area contributed by atoms with E-state index >= 15 is 0 Å². The molecule has 1 saturated heterocycles. The average molecular weight is 393 g/mol. The summed E-state index contributed by atoms with van der Waals surface area (Å²) in [6, 6.07) is 1.92. The summed E-state index contributed by atoms with van der Waals surface area (Å²) in [6.07, 6.45) is 6.33. The molecule has 0 saturated carbocycles. The van der Waals surface area contributed by atoms with Gasteiger partial charge in [-0.15, -0.1) is 0 Å². The first-order valence-corrected chi connectivity index (χ1v) is 11.0. The van der Waals surface area contributed by atoms with E-state index in [4.69, 9.17) is 0 Å². The maximum absolute atomic E-state index is 12.6. The number of hydrogen-bond acceptors (Lipinski definition) is 5. The lowest BCUT2D eigenvalue weighted by Gasteiger charge is -2.32. The Morgan fingerprint density at radius 3 is 2.67 bits per heavy atom. The van der Waals surface area contributed by atoms with E-state index in [9.17, 15) is 9.59 Å². The zero-order valence-corrected chi connectivity index (χ0v) is 17.6. The number of carbonyl (C=O) groups is 2. The summed E-state index contributed by atoms with van der Waals surface area (Å²) < 4.78 is 0. The number of unbranched alkanes of at least 4 members (excludes halogenated alkanes) is 3. The van der Waals surface area contributed by atoms with E-state index in [1.165, 1.54) is 24.6 Å². The molecule has 0 radical (unpaired) electrons. The molecular weight excluding hydrogens is 360 g/mol. The minimum atomic E-state index is -0.0867. The molecule has 1 aliphatic heterocycles. The second kappa shape index (κ2) is 11.3. The molecule has 2 rings (SSSR count). The van der Waals surface area contributed by atoms with E-state index in [0.29, 0.717) is 17.5 Å². The smallest absolute Gasteiger partial charge is 0.233 e. The largest absolute Gasteiger partial charge is 0.356 e. The van der Waals surface area contributed by atoms with Gasteiger partial charge in [-0.1, -0.05) is 37.9 Å². The normalized spacial score (nSPS) is 17.0. The quantitative estimate of drug-likeness (QED) is 0.397. The molecule has 0 aromatic carbocycles. The highest BCUT2D eigenvalue weighted by Crippen LogP contribution is 2.20. The van der Waals surface area contributed by atoms with E-state index < -0.39 is 0 Å². The molecule has 1 fully saturated rings. The van der Waals surface area contributed by atoms with Crippen LogP contribution in [0.15, 0.2) is 11.2 Å². The minimum Gasteiger partial charge on any atom is -0.356 e. The Morgan fingerprint density at radius 1 is 1.22 bits per heavy atom. The fraction of sp³-hybridized carbons (Fsp3) is 0.700. The zero-order valence-electron chi connectivity index (χ0n) is 16.8. The molecular formula is C20H32N4O2S. The third-order valence-corrected chi connectivity index (χ3v) is 5.59. The second-order valence-corrected chi connectivity index (χ2v) is 8.20. The Labute approximate surface area is 166 Å². The maximum Gasteiger partial charge on any atom is 0.233 e. The van der Waals surface area contributed by atoms with Crippen LogP contribution in [0.5, 0.6) is 0 Å². The van der Waals surface area contributed by atoms with Gasteiger partial charge >= 0.3 is 0 Å². The average Bonchev–Trinajstić information content (AvgIpc) is 2.65. The van der Waals surface area contributed by atoms with Crippen LogP contribution in [-0.4, -0.2) is 52.1 Å². The van der Waals surface area contributed by atoms with Crippen LogP contribution in [0, 0.1) is 19.8 Å². The summed E-state index contributed by atoms with van der Waals surface area (Å²) in [6.45, 7) is 8.02. The number of amides is 2. The third kappa shape index (κ3) is 7.48. The first-order valence-electron chi connectivity index (χ1n) is 10.00. The van der Waals surface area contributed by atoms with E-state index in [1.807, 2.05) is 24.8 Å². The van der Waals surface area contributed by atoms with Crippen LogP contribution >= 0.6 is 11.8 Å². The van der Waals surface area contributed by atoms with Crippen LogP contribution in [0.3, 0.4) is 0 Å². The van der Waals surface area contributed by atoms with E-state index in [1.54, 1.807) is 0 Å². The number of thioether (sulfide) groups is 1. The topological polar surface area (TPSA) is 75.2 Å². The van der Waals surface area contributed by atoms with Gasteiger partial charge in [0, 0.05) is 31.0 Å². The van der Waals surface area contributed by atoms with Gasteiger partial charge in [0.1, 0.15) is 0 Å². The van der Waals surface area contributed by atoms with Crippen molar-refractivity contribution >= 4 is 23.6 Å². The van der Waals surface area contributed by atoms with Gasteiger partial charge in [0.05, 0.1) is 11.7 Å². The van der Waals surface area contributed by atoms with Crippen LogP contribution in [0.4, 0.5) is 0 Å². The predicted molar refractivity (Wildman–Crippen MR) is 109 cm³/mol. The van der Waals surface area contributed by atoms with Gasteiger partial charge in [0.2, 0.25) is 11.8 Å². The van der Waals surface area contributed by atoms with Gasteiger partial charge in [-0.2, -0.15) is 0 Å². The molecule has 0 aliphatic carbocycles. The molecule has 0 bridgehead atoms. The maximum atomic E-state index is 12.6. The lowest BCUT2D eigenvalue weighted by atomic mass is 9.97. The zero-order chi connectivity index (χ0) is 19.6. The number of aromatic nitrogens is 2. The molecule has 2 heterocycles. The summed E-state index contributed by atoms with van der Waals surface area (Å²) in [5.41, 5.74) is 1.82. The molecule has 1 unspecified atom stereocenters. The third-order valence-electron chi connectivity index (χ3n) is 4.76. The van der Waals surface area contributed by atoms with Crippen molar-refractivity contribution in [3.63, 3.8) is 0 Å². The van der Waals surface area contributed by atoms with Gasteiger partial charge in [0.15, 0.2) is 5.16 Å². The van der Waals surface area contributed by atoms with E-state index in [-0.39, 0.29) is 17.7 Å². The molecule has 7 heteroatoms. The molecule has 0 spiro atoms. The first kappa shape index (κ1) is 21.7. The Balaban J connectivity index is 1.77. The molecule has 6 nitrogen and oxygen atoms in total. The van der Waals surface area contributed by atoms with Crippen LogP contribution in [0.1, 0.15) is 56.8 Å². The molecule has 1 aliphatic rings. The standard InChI is InChI=1S/C20H32N4O2S/c1-4-5-6-7-10-21-19(26)17-9-8-11-24(13-17)18(25)14-27-20-22-15(2)12-16(3)23-20/h12,17H,4-11,13-14H2,1-3H3,(H,21,26). The second-order valence-electron chi connectivity index (χ2n) is 7.25. The van der Waals surface area contributed by atoms with Crippen molar-refractivity contribution in [3.8, 4) is 0 Å².